The molecule has 1 aromatic carbocycles. The van der Waals surface area contributed by atoms with Gasteiger partial charge in [-0.1, -0.05) is 11.6 Å². The largest absolute Gasteiger partial charge is 0.320 e. The fourth-order valence-corrected chi connectivity index (χ4v) is 2.92. The quantitative estimate of drug-likeness (QED) is 0.867. The highest BCUT2D eigenvalue weighted by Crippen LogP contribution is 2.31. The Morgan fingerprint density at radius 2 is 2.05 bits per heavy atom. The third-order valence-corrected chi connectivity index (χ3v) is 4.34. The number of amides is 1. The minimum Gasteiger partial charge on any atom is -0.320 e. The molecular weight excluding hydrogens is 335 g/mol. The summed E-state index contributed by atoms with van der Waals surface area (Å²) in [4.78, 5) is 15.8. The van der Waals surface area contributed by atoms with Crippen molar-refractivity contribution in [3.05, 3.63) is 52.8 Å². The molecule has 0 saturated heterocycles. The maximum Gasteiger partial charge on any atom is 0.261 e. The Labute approximate surface area is 131 Å². The molecule has 1 heterocycles. The summed E-state index contributed by atoms with van der Waals surface area (Å²) in [5.41, 5.74) is 1.18. The van der Waals surface area contributed by atoms with Gasteiger partial charge in [-0.25, -0.2) is 8.42 Å². The van der Waals surface area contributed by atoms with E-state index in [9.17, 15) is 13.2 Å². The van der Waals surface area contributed by atoms with Crippen LogP contribution in [0.25, 0.3) is 0 Å². The van der Waals surface area contributed by atoms with E-state index < -0.39 is 15.0 Å². The molecular formula is C13H10Cl2N2O3S. The van der Waals surface area contributed by atoms with Crippen LogP contribution in [0.5, 0.6) is 0 Å². The number of aryl methyl sites for hydroxylation is 1. The lowest BCUT2D eigenvalue weighted by atomic mass is 10.2. The summed E-state index contributed by atoms with van der Waals surface area (Å²) in [6.07, 6.45) is 2.96. The number of nitrogens with one attached hydrogen (secondary N) is 1. The van der Waals surface area contributed by atoms with E-state index in [2.05, 4.69) is 10.3 Å². The van der Waals surface area contributed by atoms with Gasteiger partial charge in [-0.3, -0.25) is 9.78 Å². The molecule has 0 atom stereocenters. The van der Waals surface area contributed by atoms with Gasteiger partial charge in [0.25, 0.3) is 15.0 Å². The molecule has 1 N–H and O–H groups in total. The molecule has 0 aliphatic heterocycles. The van der Waals surface area contributed by atoms with Gasteiger partial charge < -0.3 is 5.32 Å². The SMILES string of the molecule is Cc1cc(S(=O)(=O)Cl)cc(Cl)c1NC(=O)c1cccnc1. The monoisotopic (exact) mass is 344 g/mol. The smallest absolute Gasteiger partial charge is 0.261 e. The standard InChI is InChI=1S/C13H10Cl2N2O3S/c1-8-5-10(21(15,19)20)6-11(14)12(8)17-13(18)9-3-2-4-16-7-9/h2-7H,1H3,(H,17,18). The van der Waals surface area contributed by atoms with Gasteiger partial charge in [0.1, 0.15) is 0 Å². The van der Waals surface area contributed by atoms with Gasteiger partial charge in [0.15, 0.2) is 0 Å². The van der Waals surface area contributed by atoms with Crippen molar-refractivity contribution in [2.24, 2.45) is 0 Å². The van der Waals surface area contributed by atoms with Crippen molar-refractivity contribution in [1.82, 2.24) is 4.98 Å². The van der Waals surface area contributed by atoms with Gasteiger partial charge in [0, 0.05) is 23.1 Å². The first-order chi connectivity index (χ1) is 9.79. The van der Waals surface area contributed by atoms with Gasteiger partial charge in [0.2, 0.25) is 0 Å². The number of aromatic nitrogens is 1. The van der Waals surface area contributed by atoms with E-state index in [1.807, 2.05) is 0 Å². The number of rotatable bonds is 3. The summed E-state index contributed by atoms with van der Waals surface area (Å²) in [7, 11) is 1.39. The number of benzene rings is 1. The molecule has 21 heavy (non-hydrogen) atoms. The zero-order valence-corrected chi connectivity index (χ0v) is 13.1. The third-order valence-electron chi connectivity index (χ3n) is 2.70. The van der Waals surface area contributed by atoms with Crippen LogP contribution in [-0.2, 0) is 9.05 Å². The molecule has 2 rings (SSSR count). The minimum atomic E-state index is -3.88. The number of hydrogen-bond donors (Lipinski definition) is 1. The van der Waals surface area contributed by atoms with E-state index in [0.29, 0.717) is 16.8 Å². The summed E-state index contributed by atoms with van der Waals surface area (Å²) in [6, 6.07) is 5.76. The number of carbonyl (C=O) groups excluding carboxylic acids is 1. The van der Waals surface area contributed by atoms with E-state index in [4.69, 9.17) is 22.3 Å². The molecule has 1 aromatic heterocycles. The van der Waals surface area contributed by atoms with Gasteiger partial charge >= 0.3 is 0 Å². The van der Waals surface area contributed by atoms with E-state index in [1.165, 1.54) is 18.3 Å². The molecule has 2 aromatic rings. The third kappa shape index (κ3) is 3.72. The Kier molecular flexibility index (Phi) is 4.51. The Morgan fingerprint density at radius 3 is 2.57 bits per heavy atom. The number of halogens is 2. The Morgan fingerprint density at radius 1 is 1.33 bits per heavy atom. The number of nitrogens with zero attached hydrogens (tertiary/aromatic N) is 1. The second kappa shape index (κ2) is 6.01. The van der Waals surface area contributed by atoms with Crippen LogP contribution in [0.15, 0.2) is 41.6 Å². The Hall–Kier alpha value is -1.63. The van der Waals surface area contributed by atoms with Gasteiger partial charge in [-0.15, -0.1) is 0 Å². The molecule has 1 amide bonds. The predicted octanol–water partition coefficient (Wildman–Crippen LogP) is 3.22. The summed E-state index contributed by atoms with van der Waals surface area (Å²) >= 11 is 6.02. The lowest BCUT2D eigenvalue weighted by Gasteiger charge is -2.11. The summed E-state index contributed by atoms with van der Waals surface area (Å²) in [6.45, 7) is 1.62. The average molecular weight is 345 g/mol. The van der Waals surface area contributed by atoms with Crippen molar-refractivity contribution in [2.45, 2.75) is 11.8 Å². The maximum absolute atomic E-state index is 12.0. The first-order valence-electron chi connectivity index (χ1n) is 5.75. The first kappa shape index (κ1) is 15.8. The molecule has 0 bridgehead atoms. The van der Waals surface area contributed by atoms with Crippen molar-refractivity contribution < 1.29 is 13.2 Å². The van der Waals surface area contributed by atoms with Crippen LogP contribution in [0.1, 0.15) is 15.9 Å². The number of hydrogen-bond acceptors (Lipinski definition) is 4. The highest BCUT2D eigenvalue weighted by molar-refractivity contribution is 8.13. The molecule has 8 heteroatoms. The Balaban J connectivity index is 2.36. The van der Waals surface area contributed by atoms with E-state index in [1.54, 1.807) is 25.3 Å². The molecule has 110 valence electrons. The highest BCUT2D eigenvalue weighted by atomic mass is 35.7. The van der Waals surface area contributed by atoms with Crippen LogP contribution < -0.4 is 5.32 Å². The van der Waals surface area contributed by atoms with Crippen molar-refractivity contribution in [2.75, 3.05) is 5.32 Å². The normalized spacial score (nSPS) is 11.2. The van der Waals surface area contributed by atoms with Gasteiger partial charge in [-0.05, 0) is 36.8 Å². The predicted molar refractivity (Wildman–Crippen MR) is 81.4 cm³/mol. The van der Waals surface area contributed by atoms with Gasteiger partial charge in [0.05, 0.1) is 21.2 Å². The van der Waals surface area contributed by atoms with E-state index in [-0.39, 0.29) is 9.92 Å². The molecule has 0 aliphatic rings. The zero-order valence-electron chi connectivity index (χ0n) is 10.8. The summed E-state index contributed by atoms with van der Waals surface area (Å²) in [5, 5.41) is 2.71. The molecule has 0 aliphatic carbocycles. The molecule has 5 nitrogen and oxygen atoms in total. The lowest BCUT2D eigenvalue weighted by molar-refractivity contribution is 0.102. The Bertz CT molecular complexity index is 769. The van der Waals surface area contributed by atoms with Crippen LogP contribution in [0.3, 0.4) is 0 Å². The molecule has 0 spiro atoms. The van der Waals surface area contributed by atoms with Crippen LogP contribution in [0.4, 0.5) is 5.69 Å². The van der Waals surface area contributed by atoms with Crippen LogP contribution in [-0.4, -0.2) is 19.3 Å². The van der Waals surface area contributed by atoms with Crippen molar-refractivity contribution >= 4 is 42.9 Å². The number of pyridine rings is 1. The summed E-state index contributed by atoms with van der Waals surface area (Å²) < 4.78 is 22.6. The van der Waals surface area contributed by atoms with E-state index in [0.717, 1.165) is 0 Å². The number of carbonyl (C=O) groups is 1. The second-order valence-electron chi connectivity index (χ2n) is 4.23. The fourth-order valence-electron chi connectivity index (χ4n) is 1.69. The molecule has 0 fully saturated rings. The maximum atomic E-state index is 12.0. The highest BCUT2D eigenvalue weighted by Gasteiger charge is 2.17. The van der Waals surface area contributed by atoms with Crippen molar-refractivity contribution in [3.8, 4) is 0 Å². The number of anilines is 1. The summed E-state index contributed by atoms with van der Waals surface area (Å²) in [5.74, 6) is -0.394. The topological polar surface area (TPSA) is 76.1 Å². The van der Waals surface area contributed by atoms with Crippen LogP contribution in [0.2, 0.25) is 5.02 Å². The second-order valence-corrected chi connectivity index (χ2v) is 7.20. The molecule has 0 saturated carbocycles. The molecule has 0 unspecified atom stereocenters. The van der Waals surface area contributed by atoms with Gasteiger partial charge in [-0.2, -0.15) is 0 Å². The zero-order chi connectivity index (χ0) is 15.6. The first-order valence-corrected chi connectivity index (χ1v) is 8.44. The van der Waals surface area contributed by atoms with Crippen LogP contribution >= 0.6 is 22.3 Å². The fraction of sp³-hybridized carbons (Fsp3) is 0.0769. The van der Waals surface area contributed by atoms with E-state index >= 15 is 0 Å². The minimum absolute atomic E-state index is 0.0893. The average Bonchev–Trinajstić information content (AvgIpc) is 2.42. The van der Waals surface area contributed by atoms with Crippen LogP contribution in [0, 0.1) is 6.92 Å². The molecule has 0 radical (unpaired) electrons. The van der Waals surface area contributed by atoms with Crippen molar-refractivity contribution in [1.29, 1.82) is 0 Å². The lowest BCUT2D eigenvalue weighted by Crippen LogP contribution is -2.13. The van der Waals surface area contributed by atoms with Crippen molar-refractivity contribution in [3.63, 3.8) is 0 Å².